The van der Waals surface area contributed by atoms with Crippen LogP contribution >= 0.6 is 11.6 Å². The predicted octanol–water partition coefficient (Wildman–Crippen LogP) is 3.90. The molecule has 0 atom stereocenters. The molecule has 0 unspecified atom stereocenters. The van der Waals surface area contributed by atoms with Crippen LogP contribution in [0.2, 0.25) is 5.02 Å². The molecule has 17 heavy (non-hydrogen) atoms. The first-order valence-electron chi connectivity index (χ1n) is 5.29. The van der Waals surface area contributed by atoms with E-state index in [-0.39, 0.29) is 5.91 Å². The van der Waals surface area contributed by atoms with E-state index in [2.05, 4.69) is 5.32 Å². The number of anilines is 1. The second-order valence-corrected chi connectivity index (χ2v) is 4.21. The van der Waals surface area contributed by atoms with E-state index in [0.717, 1.165) is 11.3 Å². The van der Waals surface area contributed by atoms with Gasteiger partial charge in [-0.05, 0) is 31.2 Å². The zero-order valence-electron chi connectivity index (χ0n) is 9.41. The first kappa shape index (κ1) is 11.7. The predicted molar refractivity (Wildman–Crippen MR) is 70.6 cm³/mol. The summed E-state index contributed by atoms with van der Waals surface area (Å²) in [7, 11) is 0. The SMILES string of the molecule is Cc1ccc(Cl)c(C(=O)Nc2ccccc2)c1. The fourth-order valence-corrected chi connectivity index (χ4v) is 1.74. The monoisotopic (exact) mass is 245 g/mol. The highest BCUT2D eigenvalue weighted by Crippen LogP contribution is 2.19. The molecule has 0 aromatic heterocycles. The number of halogens is 1. The van der Waals surface area contributed by atoms with E-state index in [4.69, 9.17) is 11.6 Å². The molecule has 1 N–H and O–H groups in total. The average molecular weight is 246 g/mol. The largest absolute Gasteiger partial charge is 0.322 e. The molecule has 2 nitrogen and oxygen atoms in total. The summed E-state index contributed by atoms with van der Waals surface area (Å²) in [4.78, 5) is 12.0. The van der Waals surface area contributed by atoms with Crippen molar-refractivity contribution in [1.82, 2.24) is 0 Å². The standard InChI is InChI=1S/C14H12ClNO/c1-10-7-8-13(15)12(9-10)14(17)16-11-5-3-2-4-6-11/h2-9H,1H3,(H,16,17). The van der Waals surface area contributed by atoms with Gasteiger partial charge in [0.2, 0.25) is 0 Å². The first-order valence-corrected chi connectivity index (χ1v) is 5.67. The molecule has 0 bridgehead atoms. The molecule has 2 aromatic carbocycles. The van der Waals surface area contributed by atoms with E-state index < -0.39 is 0 Å². The molecule has 1 amide bonds. The number of nitrogens with one attached hydrogen (secondary N) is 1. The van der Waals surface area contributed by atoms with Gasteiger partial charge in [-0.2, -0.15) is 0 Å². The first-order chi connectivity index (χ1) is 8.16. The fourth-order valence-electron chi connectivity index (χ4n) is 1.53. The van der Waals surface area contributed by atoms with Crippen LogP contribution in [-0.2, 0) is 0 Å². The Morgan fingerprint density at radius 3 is 2.53 bits per heavy atom. The molecular weight excluding hydrogens is 234 g/mol. The molecule has 2 aromatic rings. The lowest BCUT2D eigenvalue weighted by molar-refractivity contribution is 0.102. The van der Waals surface area contributed by atoms with Crippen LogP contribution in [0.1, 0.15) is 15.9 Å². The molecule has 3 heteroatoms. The van der Waals surface area contributed by atoms with E-state index in [9.17, 15) is 4.79 Å². The van der Waals surface area contributed by atoms with Crippen LogP contribution in [0.25, 0.3) is 0 Å². The van der Waals surface area contributed by atoms with Crippen molar-refractivity contribution in [3.8, 4) is 0 Å². The zero-order valence-corrected chi connectivity index (χ0v) is 10.2. The van der Waals surface area contributed by atoms with Crippen molar-refractivity contribution in [2.45, 2.75) is 6.92 Å². The van der Waals surface area contributed by atoms with Crippen molar-refractivity contribution in [2.24, 2.45) is 0 Å². The number of para-hydroxylation sites is 1. The highest BCUT2D eigenvalue weighted by atomic mass is 35.5. The maximum absolute atomic E-state index is 12.0. The highest BCUT2D eigenvalue weighted by molar-refractivity contribution is 6.34. The number of rotatable bonds is 2. The molecule has 0 aliphatic carbocycles. The Hall–Kier alpha value is -1.80. The Kier molecular flexibility index (Phi) is 3.45. The minimum Gasteiger partial charge on any atom is -0.322 e. The number of benzene rings is 2. The smallest absolute Gasteiger partial charge is 0.257 e. The fraction of sp³-hybridized carbons (Fsp3) is 0.0714. The number of aryl methyl sites for hydroxylation is 1. The summed E-state index contributed by atoms with van der Waals surface area (Å²) in [5.41, 5.74) is 2.26. The van der Waals surface area contributed by atoms with Crippen LogP contribution in [0.3, 0.4) is 0 Å². The van der Waals surface area contributed by atoms with Crippen LogP contribution in [0, 0.1) is 6.92 Å². The van der Waals surface area contributed by atoms with E-state index in [0.29, 0.717) is 10.6 Å². The van der Waals surface area contributed by atoms with Gasteiger partial charge in [0.25, 0.3) is 5.91 Å². The Bertz CT molecular complexity index is 537. The molecule has 0 radical (unpaired) electrons. The summed E-state index contributed by atoms with van der Waals surface area (Å²) in [6.07, 6.45) is 0. The van der Waals surface area contributed by atoms with Crippen molar-refractivity contribution >= 4 is 23.2 Å². The van der Waals surface area contributed by atoms with E-state index in [1.165, 1.54) is 0 Å². The van der Waals surface area contributed by atoms with Gasteiger partial charge >= 0.3 is 0 Å². The maximum Gasteiger partial charge on any atom is 0.257 e. The molecule has 2 rings (SSSR count). The number of hydrogen-bond acceptors (Lipinski definition) is 1. The van der Waals surface area contributed by atoms with Gasteiger partial charge in [0.05, 0.1) is 10.6 Å². The lowest BCUT2D eigenvalue weighted by Crippen LogP contribution is -2.12. The summed E-state index contributed by atoms with van der Waals surface area (Å²) in [6, 6.07) is 14.7. The van der Waals surface area contributed by atoms with Gasteiger partial charge in [0.15, 0.2) is 0 Å². The van der Waals surface area contributed by atoms with Crippen molar-refractivity contribution in [3.63, 3.8) is 0 Å². The second-order valence-electron chi connectivity index (χ2n) is 3.80. The molecule has 86 valence electrons. The number of carbonyl (C=O) groups is 1. The molecule has 0 spiro atoms. The van der Waals surface area contributed by atoms with Gasteiger partial charge in [0.1, 0.15) is 0 Å². The molecule has 0 fully saturated rings. The van der Waals surface area contributed by atoms with Crippen molar-refractivity contribution in [2.75, 3.05) is 5.32 Å². The lowest BCUT2D eigenvalue weighted by atomic mass is 10.1. The third-order valence-corrected chi connectivity index (χ3v) is 2.73. The van der Waals surface area contributed by atoms with Gasteiger partial charge in [-0.3, -0.25) is 4.79 Å². The third kappa shape index (κ3) is 2.86. The van der Waals surface area contributed by atoms with Crippen LogP contribution in [0.4, 0.5) is 5.69 Å². The summed E-state index contributed by atoms with van der Waals surface area (Å²) in [5.74, 6) is -0.190. The van der Waals surface area contributed by atoms with Crippen molar-refractivity contribution < 1.29 is 4.79 Å². The molecule has 0 aliphatic rings. The van der Waals surface area contributed by atoms with Gasteiger partial charge in [-0.1, -0.05) is 41.4 Å². The summed E-state index contributed by atoms with van der Waals surface area (Å²) in [6.45, 7) is 1.93. The highest BCUT2D eigenvalue weighted by Gasteiger charge is 2.10. The Morgan fingerprint density at radius 1 is 1.12 bits per heavy atom. The van der Waals surface area contributed by atoms with Gasteiger partial charge in [-0.25, -0.2) is 0 Å². The number of carbonyl (C=O) groups excluding carboxylic acids is 1. The number of hydrogen-bond donors (Lipinski definition) is 1. The summed E-state index contributed by atoms with van der Waals surface area (Å²) in [5, 5.41) is 3.26. The second kappa shape index (κ2) is 5.02. The van der Waals surface area contributed by atoms with Gasteiger partial charge < -0.3 is 5.32 Å². The quantitative estimate of drug-likeness (QED) is 0.854. The zero-order chi connectivity index (χ0) is 12.3. The molecular formula is C14H12ClNO. The third-order valence-electron chi connectivity index (χ3n) is 2.40. The van der Waals surface area contributed by atoms with Gasteiger partial charge in [-0.15, -0.1) is 0 Å². The normalized spacial score (nSPS) is 10.0. The minimum absolute atomic E-state index is 0.190. The summed E-state index contributed by atoms with van der Waals surface area (Å²) < 4.78 is 0. The maximum atomic E-state index is 12.0. The average Bonchev–Trinajstić information content (AvgIpc) is 2.33. The molecule has 0 aliphatic heterocycles. The van der Waals surface area contributed by atoms with E-state index in [1.54, 1.807) is 12.1 Å². The Balaban J connectivity index is 2.23. The van der Waals surface area contributed by atoms with Gasteiger partial charge in [0, 0.05) is 5.69 Å². The van der Waals surface area contributed by atoms with Crippen LogP contribution in [-0.4, -0.2) is 5.91 Å². The van der Waals surface area contributed by atoms with Crippen LogP contribution in [0.15, 0.2) is 48.5 Å². The molecule has 0 saturated carbocycles. The summed E-state index contributed by atoms with van der Waals surface area (Å²) >= 11 is 6.00. The van der Waals surface area contributed by atoms with E-state index in [1.807, 2.05) is 43.3 Å². The number of amides is 1. The van der Waals surface area contributed by atoms with Crippen LogP contribution in [0.5, 0.6) is 0 Å². The molecule has 0 saturated heterocycles. The van der Waals surface area contributed by atoms with Crippen LogP contribution < -0.4 is 5.32 Å². The van der Waals surface area contributed by atoms with Crippen molar-refractivity contribution in [1.29, 1.82) is 0 Å². The Labute approximate surface area is 105 Å². The lowest BCUT2D eigenvalue weighted by Gasteiger charge is -2.07. The minimum atomic E-state index is -0.190. The topological polar surface area (TPSA) is 29.1 Å². The Morgan fingerprint density at radius 2 is 1.82 bits per heavy atom. The van der Waals surface area contributed by atoms with E-state index >= 15 is 0 Å². The van der Waals surface area contributed by atoms with Crippen molar-refractivity contribution in [3.05, 3.63) is 64.7 Å². The molecule has 0 heterocycles.